The molecule has 0 fully saturated rings. The first-order valence-corrected chi connectivity index (χ1v) is 9.80. The molecule has 0 saturated carbocycles. The Morgan fingerprint density at radius 1 is 1.18 bits per heavy atom. The first-order valence-electron chi connectivity index (χ1n) is 9.80. The molecule has 1 aromatic heterocycles. The third-order valence-corrected chi connectivity index (χ3v) is 5.54. The molecule has 0 bridgehead atoms. The number of nitrogens with one attached hydrogen (secondary N) is 2. The van der Waals surface area contributed by atoms with E-state index in [9.17, 15) is 4.39 Å². The predicted octanol–water partition coefficient (Wildman–Crippen LogP) is 3.47. The summed E-state index contributed by atoms with van der Waals surface area (Å²) in [5.41, 5.74) is 3.85. The summed E-state index contributed by atoms with van der Waals surface area (Å²) in [4.78, 5) is 11.7. The van der Waals surface area contributed by atoms with Crippen molar-refractivity contribution in [3.63, 3.8) is 0 Å². The molecule has 146 valence electrons. The highest BCUT2D eigenvalue weighted by Gasteiger charge is 2.23. The van der Waals surface area contributed by atoms with Crippen LogP contribution in [0.25, 0.3) is 11.0 Å². The maximum atomic E-state index is 13.8. The summed E-state index contributed by atoms with van der Waals surface area (Å²) in [5.74, 6) is 1.04. The van der Waals surface area contributed by atoms with Crippen LogP contribution in [-0.2, 0) is 6.42 Å². The molecule has 4 rings (SSSR count). The molecule has 2 aromatic carbocycles. The lowest BCUT2D eigenvalue weighted by molar-refractivity contribution is 0.393. The van der Waals surface area contributed by atoms with Gasteiger partial charge in [0.05, 0.1) is 17.2 Å². The third-order valence-electron chi connectivity index (χ3n) is 5.54. The average molecular weight is 379 g/mol. The molecule has 2 atom stereocenters. The second-order valence-electron chi connectivity index (χ2n) is 7.47. The van der Waals surface area contributed by atoms with E-state index in [1.807, 2.05) is 43.6 Å². The van der Waals surface area contributed by atoms with Gasteiger partial charge in [-0.1, -0.05) is 19.1 Å². The number of likely N-dealkylation sites (N-methyl/N-ethyl adjacent to an activating group) is 1. The van der Waals surface area contributed by atoms with Crippen molar-refractivity contribution >= 4 is 22.5 Å². The summed E-state index contributed by atoms with van der Waals surface area (Å²) in [6.07, 6.45) is 2.66. The highest BCUT2D eigenvalue weighted by atomic mass is 19.1. The zero-order valence-electron chi connectivity index (χ0n) is 16.3. The van der Waals surface area contributed by atoms with Gasteiger partial charge in [0.15, 0.2) is 0 Å². The Kier molecular flexibility index (Phi) is 5.39. The summed E-state index contributed by atoms with van der Waals surface area (Å²) >= 11 is 0. The minimum atomic E-state index is -0.182. The molecule has 3 aromatic rings. The minimum Gasteiger partial charge on any atom is -0.383 e. The molecule has 0 saturated heterocycles. The van der Waals surface area contributed by atoms with E-state index in [0.29, 0.717) is 5.92 Å². The zero-order chi connectivity index (χ0) is 19.5. The number of fused-ring (bicyclic) bond motifs is 2. The topological polar surface area (TPSA) is 53.1 Å². The Hall–Kier alpha value is -2.73. The third kappa shape index (κ3) is 3.92. The lowest BCUT2D eigenvalue weighted by atomic mass is 9.92. The van der Waals surface area contributed by atoms with Crippen LogP contribution in [0.1, 0.15) is 12.5 Å². The molecule has 5 nitrogen and oxygen atoms in total. The number of rotatable bonds is 2. The van der Waals surface area contributed by atoms with Gasteiger partial charge in [-0.2, -0.15) is 0 Å². The molecule has 1 aliphatic rings. The van der Waals surface area contributed by atoms with E-state index in [1.54, 1.807) is 6.07 Å². The van der Waals surface area contributed by atoms with Crippen molar-refractivity contribution in [2.45, 2.75) is 19.4 Å². The van der Waals surface area contributed by atoms with Gasteiger partial charge in [0, 0.05) is 31.4 Å². The summed E-state index contributed by atoms with van der Waals surface area (Å²) in [6.45, 7) is 4.56. The Bertz CT molecular complexity index is 961. The van der Waals surface area contributed by atoms with Crippen LogP contribution in [0.2, 0.25) is 0 Å². The van der Waals surface area contributed by atoms with Crippen LogP contribution in [0, 0.1) is 11.7 Å². The molecule has 1 aliphatic heterocycles. The Morgan fingerprint density at radius 2 is 2.00 bits per heavy atom. The van der Waals surface area contributed by atoms with E-state index < -0.39 is 0 Å². The lowest BCUT2D eigenvalue weighted by Gasteiger charge is -2.33. The quantitative estimate of drug-likeness (QED) is 0.714. The second kappa shape index (κ2) is 8.10. The monoisotopic (exact) mass is 379 g/mol. The smallest absolute Gasteiger partial charge is 0.147 e. The van der Waals surface area contributed by atoms with E-state index in [2.05, 4.69) is 27.4 Å². The van der Waals surface area contributed by atoms with Crippen molar-refractivity contribution in [2.75, 3.05) is 36.9 Å². The number of benzene rings is 2. The normalized spacial score (nSPS) is 20.5. The van der Waals surface area contributed by atoms with Crippen molar-refractivity contribution in [2.24, 2.45) is 5.92 Å². The number of hydrogen-bond acceptors (Lipinski definition) is 5. The first kappa shape index (κ1) is 18.6. The van der Waals surface area contributed by atoms with E-state index in [-0.39, 0.29) is 11.9 Å². The van der Waals surface area contributed by atoms with Crippen LogP contribution in [0.3, 0.4) is 0 Å². The SMILES string of the molecule is CNC1CN(c2cnc3ccccc3n2)CCNc2ccc(F)cc2CC1C. The van der Waals surface area contributed by atoms with Crippen molar-refractivity contribution in [3.8, 4) is 0 Å². The number of nitrogens with zero attached hydrogens (tertiary/aromatic N) is 3. The molecule has 6 heteroatoms. The molecular formula is C22H26FN5. The van der Waals surface area contributed by atoms with Crippen molar-refractivity contribution < 1.29 is 4.39 Å². The number of aromatic nitrogens is 2. The molecule has 0 aliphatic carbocycles. The molecule has 28 heavy (non-hydrogen) atoms. The molecule has 0 radical (unpaired) electrons. The van der Waals surface area contributed by atoms with Gasteiger partial charge in [0.1, 0.15) is 11.6 Å². The summed E-state index contributed by atoms with van der Waals surface area (Å²) in [6, 6.07) is 13.2. The molecule has 0 spiro atoms. The van der Waals surface area contributed by atoms with Gasteiger partial charge in [-0.3, -0.25) is 4.98 Å². The maximum absolute atomic E-state index is 13.8. The lowest BCUT2D eigenvalue weighted by Crippen LogP contribution is -2.46. The fourth-order valence-corrected chi connectivity index (χ4v) is 3.91. The fraction of sp³-hybridized carbons (Fsp3) is 0.364. The largest absolute Gasteiger partial charge is 0.383 e. The van der Waals surface area contributed by atoms with Gasteiger partial charge < -0.3 is 15.5 Å². The minimum absolute atomic E-state index is 0.182. The van der Waals surface area contributed by atoms with Gasteiger partial charge in [-0.05, 0) is 55.3 Å². The number of halogens is 1. The van der Waals surface area contributed by atoms with Crippen molar-refractivity contribution in [1.82, 2.24) is 15.3 Å². The molecule has 2 heterocycles. The molecule has 2 N–H and O–H groups in total. The zero-order valence-corrected chi connectivity index (χ0v) is 16.3. The summed E-state index contributed by atoms with van der Waals surface area (Å²) in [7, 11) is 1.99. The predicted molar refractivity (Wildman–Crippen MR) is 112 cm³/mol. The van der Waals surface area contributed by atoms with Gasteiger partial charge >= 0.3 is 0 Å². The van der Waals surface area contributed by atoms with Gasteiger partial charge in [0.25, 0.3) is 0 Å². The average Bonchev–Trinajstić information content (AvgIpc) is 2.71. The van der Waals surface area contributed by atoms with E-state index >= 15 is 0 Å². The van der Waals surface area contributed by atoms with Gasteiger partial charge in [-0.25, -0.2) is 9.37 Å². The highest BCUT2D eigenvalue weighted by Crippen LogP contribution is 2.24. The maximum Gasteiger partial charge on any atom is 0.147 e. The Balaban J connectivity index is 1.65. The van der Waals surface area contributed by atoms with E-state index in [0.717, 1.165) is 54.2 Å². The van der Waals surface area contributed by atoms with Crippen molar-refractivity contribution in [1.29, 1.82) is 0 Å². The van der Waals surface area contributed by atoms with Crippen LogP contribution < -0.4 is 15.5 Å². The van der Waals surface area contributed by atoms with Crippen LogP contribution in [-0.4, -0.2) is 42.7 Å². The van der Waals surface area contributed by atoms with Crippen LogP contribution in [0.15, 0.2) is 48.7 Å². The first-order chi connectivity index (χ1) is 13.6. The number of hydrogen-bond donors (Lipinski definition) is 2. The highest BCUT2D eigenvalue weighted by molar-refractivity contribution is 5.75. The molecule has 0 amide bonds. The standard InChI is InChI=1S/C22H26FN5/c1-15-11-16-12-17(23)7-8-18(16)25-9-10-28(14-21(15)24-2)22-13-26-19-5-3-4-6-20(19)27-22/h3-8,12-13,15,21,24-25H,9-11,14H2,1-2H3. The van der Waals surface area contributed by atoms with E-state index in [4.69, 9.17) is 4.98 Å². The number of anilines is 2. The van der Waals surface area contributed by atoms with Crippen LogP contribution in [0.5, 0.6) is 0 Å². The van der Waals surface area contributed by atoms with Crippen molar-refractivity contribution in [3.05, 3.63) is 60.0 Å². The van der Waals surface area contributed by atoms with E-state index in [1.165, 1.54) is 6.07 Å². The van der Waals surface area contributed by atoms with Gasteiger partial charge in [-0.15, -0.1) is 0 Å². The molecule has 2 unspecified atom stereocenters. The summed E-state index contributed by atoms with van der Waals surface area (Å²) < 4.78 is 13.8. The fourth-order valence-electron chi connectivity index (χ4n) is 3.91. The number of para-hydroxylation sites is 2. The Labute approximate surface area is 165 Å². The van der Waals surface area contributed by atoms with Crippen LogP contribution in [0.4, 0.5) is 15.9 Å². The molecular weight excluding hydrogens is 353 g/mol. The van der Waals surface area contributed by atoms with Crippen LogP contribution >= 0.6 is 0 Å². The summed E-state index contributed by atoms with van der Waals surface area (Å²) in [5, 5.41) is 6.92. The van der Waals surface area contributed by atoms with Gasteiger partial charge in [0.2, 0.25) is 0 Å². The Morgan fingerprint density at radius 3 is 2.82 bits per heavy atom. The second-order valence-corrected chi connectivity index (χ2v) is 7.47.